The average molecular weight is 649 g/mol. The van der Waals surface area contributed by atoms with E-state index in [9.17, 15) is 27.6 Å². The lowest BCUT2D eigenvalue weighted by Gasteiger charge is -2.40. The molecule has 0 radical (unpaired) electrons. The van der Waals surface area contributed by atoms with Gasteiger partial charge in [-0.05, 0) is 61.0 Å². The Kier molecular flexibility index (Phi) is 10.3. The van der Waals surface area contributed by atoms with Crippen molar-refractivity contribution in [3.8, 4) is 11.5 Å². The summed E-state index contributed by atoms with van der Waals surface area (Å²) in [6.07, 6.45) is -2.92. The van der Waals surface area contributed by atoms with Crippen molar-refractivity contribution < 1.29 is 37.0 Å². The Morgan fingerprint density at radius 3 is 2.28 bits per heavy atom. The van der Waals surface area contributed by atoms with E-state index < -0.39 is 29.8 Å². The molecule has 1 fully saturated rings. The smallest absolute Gasteiger partial charge is 0.416 e. The van der Waals surface area contributed by atoms with E-state index in [1.54, 1.807) is 42.2 Å². The summed E-state index contributed by atoms with van der Waals surface area (Å²) in [5, 5.41) is 2.95. The first-order chi connectivity index (χ1) is 22.6. The number of halogens is 3. The molecule has 9 nitrogen and oxygen atoms in total. The zero-order valence-electron chi connectivity index (χ0n) is 25.8. The van der Waals surface area contributed by atoms with E-state index in [0.717, 1.165) is 12.1 Å². The summed E-state index contributed by atoms with van der Waals surface area (Å²) in [5.74, 6) is 0.210. The maximum atomic E-state index is 13.6. The fourth-order valence-corrected chi connectivity index (χ4v) is 5.58. The number of esters is 1. The van der Waals surface area contributed by atoms with E-state index in [0.29, 0.717) is 48.9 Å². The van der Waals surface area contributed by atoms with Crippen molar-refractivity contribution >= 4 is 17.9 Å². The van der Waals surface area contributed by atoms with Crippen LogP contribution in [0.15, 0.2) is 103 Å². The second-order valence-electron chi connectivity index (χ2n) is 11.0. The number of piperazine rings is 1. The number of hydrogen-bond acceptors (Lipinski definition) is 6. The summed E-state index contributed by atoms with van der Waals surface area (Å²) in [6.45, 7) is 7.37. The maximum absolute atomic E-state index is 13.6. The van der Waals surface area contributed by atoms with Crippen LogP contribution in [0.5, 0.6) is 11.5 Å². The van der Waals surface area contributed by atoms with Crippen LogP contribution in [-0.4, -0.2) is 78.5 Å². The summed E-state index contributed by atoms with van der Waals surface area (Å²) in [4.78, 5) is 45.2. The molecule has 0 saturated carbocycles. The normalized spacial score (nSPS) is 17.3. The van der Waals surface area contributed by atoms with E-state index in [1.807, 2.05) is 35.2 Å². The third-order valence-electron chi connectivity index (χ3n) is 7.91. The summed E-state index contributed by atoms with van der Waals surface area (Å²) < 4.78 is 50.4. The molecule has 246 valence electrons. The quantitative estimate of drug-likeness (QED) is 0.214. The van der Waals surface area contributed by atoms with Crippen molar-refractivity contribution in [1.29, 1.82) is 0 Å². The first-order valence-electron chi connectivity index (χ1n) is 15.2. The Balaban J connectivity index is 1.39. The fourth-order valence-electron chi connectivity index (χ4n) is 5.58. The molecule has 0 aromatic heterocycles. The topological polar surface area (TPSA) is 91.4 Å². The number of alkyl halides is 3. The van der Waals surface area contributed by atoms with Gasteiger partial charge < -0.3 is 19.7 Å². The monoisotopic (exact) mass is 648 g/mol. The third-order valence-corrected chi connectivity index (χ3v) is 7.91. The molecule has 47 heavy (non-hydrogen) atoms. The van der Waals surface area contributed by atoms with Crippen molar-refractivity contribution in [2.75, 3.05) is 45.9 Å². The SMILES string of the molecule is C=CCN1C(=O)NC(c2cccc(Oc3ccccc3)c2)C(C(=O)OCC)=C1CN1CCN(C(=O)c2ccc(C(F)(F)F)cc2)CC1. The molecule has 5 rings (SSSR count). The average Bonchev–Trinajstić information content (AvgIpc) is 3.06. The lowest BCUT2D eigenvalue weighted by molar-refractivity contribution is -0.139. The van der Waals surface area contributed by atoms with Gasteiger partial charge >= 0.3 is 18.2 Å². The van der Waals surface area contributed by atoms with Crippen LogP contribution in [0.25, 0.3) is 0 Å². The largest absolute Gasteiger partial charge is 0.463 e. The van der Waals surface area contributed by atoms with E-state index >= 15 is 0 Å². The second kappa shape index (κ2) is 14.5. The van der Waals surface area contributed by atoms with Crippen LogP contribution in [0.3, 0.4) is 0 Å². The molecule has 3 aromatic carbocycles. The molecule has 12 heteroatoms. The molecule has 1 atom stereocenters. The molecule has 2 aliphatic heterocycles. The van der Waals surface area contributed by atoms with Gasteiger partial charge in [0.1, 0.15) is 11.5 Å². The molecule has 2 heterocycles. The number of ether oxygens (including phenoxy) is 2. The number of rotatable bonds is 10. The molecular weight excluding hydrogens is 613 g/mol. The van der Waals surface area contributed by atoms with Crippen LogP contribution in [0.2, 0.25) is 0 Å². The number of para-hydroxylation sites is 1. The van der Waals surface area contributed by atoms with Gasteiger partial charge in [-0.15, -0.1) is 6.58 Å². The van der Waals surface area contributed by atoms with Crippen LogP contribution in [0, 0.1) is 0 Å². The van der Waals surface area contributed by atoms with Crippen molar-refractivity contribution in [3.05, 3.63) is 119 Å². The van der Waals surface area contributed by atoms with Gasteiger partial charge in [-0.2, -0.15) is 13.2 Å². The molecule has 0 spiro atoms. The summed E-state index contributed by atoms with van der Waals surface area (Å²) in [6, 6.07) is 19.3. The van der Waals surface area contributed by atoms with Crippen LogP contribution < -0.4 is 10.1 Å². The van der Waals surface area contributed by atoms with E-state index in [1.165, 1.54) is 17.0 Å². The maximum Gasteiger partial charge on any atom is 0.416 e. The molecule has 1 N–H and O–H groups in total. The molecule has 0 aliphatic carbocycles. The number of nitrogens with one attached hydrogen (secondary N) is 1. The number of amides is 3. The van der Waals surface area contributed by atoms with Crippen molar-refractivity contribution in [3.63, 3.8) is 0 Å². The van der Waals surface area contributed by atoms with Gasteiger partial charge in [0.25, 0.3) is 5.91 Å². The molecule has 2 aliphatic rings. The van der Waals surface area contributed by atoms with Crippen molar-refractivity contribution in [1.82, 2.24) is 20.0 Å². The predicted octanol–water partition coefficient (Wildman–Crippen LogP) is 6.03. The highest BCUT2D eigenvalue weighted by Crippen LogP contribution is 2.35. The molecular formula is C35H35F3N4O5. The summed E-state index contributed by atoms with van der Waals surface area (Å²) >= 11 is 0. The lowest BCUT2D eigenvalue weighted by Crippen LogP contribution is -2.53. The van der Waals surface area contributed by atoms with Crippen LogP contribution in [0.4, 0.5) is 18.0 Å². The highest BCUT2D eigenvalue weighted by molar-refractivity contribution is 5.95. The Bertz CT molecular complexity index is 1630. The number of hydrogen-bond donors (Lipinski definition) is 1. The van der Waals surface area contributed by atoms with E-state index in [-0.39, 0.29) is 36.7 Å². The highest BCUT2D eigenvalue weighted by atomic mass is 19.4. The van der Waals surface area contributed by atoms with E-state index in [2.05, 4.69) is 11.9 Å². The molecule has 1 saturated heterocycles. The van der Waals surface area contributed by atoms with Crippen LogP contribution in [0.1, 0.15) is 34.5 Å². The molecule has 3 amide bonds. The minimum absolute atomic E-state index is 0.125. The van der Waals surface area contributed by atoms with Gasteiger partial charge in [-0.25, -0.2) is 9.59 Å². The van der Waals surface area contributed by atoms with Gasteiger partial charge in [-0.1, -0.05) is 36.4 Å². The zero-order valence-corrected chi connectivity index (χ0v) is 25.8. The lowest BCUT2D eigenvalue weighted by atomic mass is 9.93. The Morgan fingerprint density at radius 1 is 0.957 bits per heavy atom. The number of carbonyl (C=O) groups excluding carboxylic acids is 3. The number of benzene rings is 3. The zero-order chi connectivity index (χ0) is 33.6. The highest BCUT2D eigenvalue weighted by Gasteiger charge is 2.39. The summed E-state index contributed by atoms with van der Waals surface area (Å²) in [5.41, 5.74) is 0.694. The Hall–Kier alpha value is -5.10. The van der Waals surface area contributed by atoms with Crippen molar-refractivity contribution in [2.45, 2.75) is 19.1 Å². The first kappa shape index (κ1) is 33.3. The number of urea groups is 1. The predicted molar refractivity (Wildman–Crippen MR) is 169 cm³/mol. The van der Waals surface area contributed by atoms with Gasteiger partial charge in [0.15, 0.2) is 0 Å². The fraction of sp³-hybridized carbons (Fsp3) is 0.286. The number of carbonyl (C=O) groups is 3. The minimum atomic E-state index is -4.49. The third kappa shape index (κ3) is 7.83. The molecule has 3 aromatic rings. The second-order valence-corrected chi connectivity index (χ2v) is 11.0. The first-order valence-corrected chi connectivity index (χ1v) is 15.2. The van der Waals surface area contributed by atoms with Gasteiger partial charge in [-0.3, -0.25) is 14.6 Å². The Morgan fingerprint density at radius 2 is 1.64 bits per heavy atom. The summed E-state index contributed by atoms with van der Waals surface area (Å²) in [7, 11) is 0. The minimum Gasteiger partial charge on any atom is -0.463 e. The van der Waals surface area contributed by atoms with Crippen molar-refractivity contribution in [2.24, 2.45) is 0 Å². The molecule has 1 unspecified atom stereocenters. The van der Waals surface area contributed by atoms with E-state index in [4.69, 9.17) is 9.47 Å². The Labute approximate surface area is 270 Å². The standard InChI is InChI=1S/C35H35F3N4O5/c1-3-17-42-29(23-40-18-20-41(21-19-40)32(43)24-13-15-26(16-14-24)35(36,37)38)30(33(44)46-4-2)31(39-34(42)45)25-9-8-12-28(22-25)47-27-10-6-5-7-11-27/h3,5-16,22,31H,1,4,17-21,23H2,2H3,(H,39,45). The molecule has 0 bridgehead atoms. The van der Waals surface area contributed by atoms with Gasteiger partial charge in [0, 0.05) is 50.5 Å². The number of nitrogens with zero attached hydrogens (tertiary/aromatic N) is 3. The van der Waals surface area contributed by atoms with Crippen LogP contribution >= 0.6 is 0 Å². The van der Waals surface area contributed by atoms with Gasteiger partial charge in [0.05, 0.1) is 23.8 Å². The van der Waals surface area contributed by atoms with Crippen LogP contribution in [-0.2, 0) is 15.7 Å². The van der Waals surface area contributed by atoms with Gasteiger partial charge in [0.2, 0.25) is 0 Å².